The van der Waals surface area contributed by atoms with Crippen LogP contribution in [-0.4, -0.2) is 20.0 Å². The van der Waals surface area contributed by atoms with Crippen LogP contribution in [0.15, 0.2) is 35.2 Å². The minimum Gasteiger partial charge on any atom is -0.443 e. The molecule has 0 unspecified atom stereocenters. The highest BCUT2D eigenvalue weighted by Gasteiger charge is 2.05. The van der Waals surface area contributed by atoms with E-state index in [4.69, 9.17) is 4.42 Å². The van der Waals surface area contributed by atoms with Crippen molar-refractivity contribution in [3.8, 4) is 11.3 Å². The van der Waals surface area contributed by atoms with Crippen LogP contribution in [0.1, 0.15) is 0 Å². The van der Waals surface area contributed by atoms with Gasteiger partial charge in [-0.25, -0.2) is 4.98 Å². The molecule has 0 atom stereocenters. The lowest BCUT2D eigenvalue weighted by Crippen LogP contribution is -1.91. The fourth-order valence-electron chi connectivity index (χ4n) is 1.50. The Bertz CT molecular complexity index is 610. The lowest BCUT2D eigenvalue weighted by molar-refractivity contribution is 0.602. The number of oxazole rings is 1. The number of fused-ring (bicyclic) bond motifs is 1. The van der Waals surface area contributed by atoms with Gasteiger partial charge in [-0.05, 0) is 18.2 Å². The van der Waals surface area contributed by atoms with E-state index in [2.05, 4.69) is 15.2 Å². The summed E-state index contributed by atoms with van der Waals surface area (Å²) in [6, 6.07) is 5.76. The quantitative estimate of drug-likeness (QED) is 0.599. The summed E-state index contributed by atoms with van der Waals surface area (Å²) in [5.74, 6) is 0. The first kappa shape index (κ1) is 8.16. The molecule has 0 aliphatic rings. The van der Waals surface area contributed by atoms with Crippen LogP contribution in [-0.2, 0) is 7.05 Å². The Morgan fingerprint density at radius 1 is 1.33 bits per heavy atom. The first-order chi connectivity index (χ1) is 7.33. The summed E-state index contributed by atoms with van der Waals surface area (Å²) in [6.07, 6.45) is 3.16. The largest absolute Gasteiger partial charge is 0.443 e. The predicted molar refractivity (Wildman–Crippen MR) is 54.0 cm³/mol. The third kappa shape index (κ3) is 1.28. The van der Waals surface area contributed by atoms with Crippen LogP contribution >= 0.6 is 0 Å². The highest BCUT2D eigenvalue weighted by molar-refractivity contribution is 5.78. The van der Waals surface area contributed by atoms with Crippen molar-refractivity contribution in [3.63, 3.8) is 0 Å². The van der Waals surface area contributed by atoms with Crippen molar-refractivity contribution in [2.24, 2.45) is 7.05 Å². The second-order valence-corrected chi connectivity index (χ2v) is 3.25. The number of hydrogen-bond donors (Lipinski definition) is 0. The topological polar surface area (TPSA) is 56.7 Å². The van der Waals surface area contributed by atoms with Gasteiger partial charge >= 0.3 is 0 Å². The van der Waals surface area contributed by atoms with E-state index in [0.717, 1.165) is 22.4 Å². The summed E-state index contributed by atoms with van der Waals surface area (Å²) in [5, 5.41) is 8.24. The maximum absolute atomic E-state index is 5.16. The molecule has 0 saturated carbocycles. The standard InChI is InChI=1S/C10H8N4O/c1-14-12-5-9(13-14)7-2-3-10-8(4-7)11-6-15-10/h2-6H,1H3. The van der Waals surface area contributed by atoms with Crippen molar-refractivity contribution >= 4 is 11.1 Å². The SMILES string of the molecule is Cn1ncc(-c2ccc3ocnc3c2)n1. The van der Waals surface area contributed by atoms with Crippen LogP contribution in [0.5, 0.6) is 0 Å². The maximum atomic E-state index is 5.16. The van der Waals surface area contributed by atoms with E-state index in [0.29, 0.717) is 0 Å². The Kier molecular flexibility index (Phi) is 1.58. The van der Waals surface area contributed by atoms with Crippen molar-refractivity contribution in [3.05, 3.63) is 30.8 Å². The number of benzene rings is 1. The number of hydrogen-bond acceptors (Lipinski definition) is 4. The molecule has 0 aliphatic heterocycles. The Morgan fingerprint density at radius 2 is 2.27 bits per heavy atom. The molecule has 0 saturated heterocycles. The van der Waals surface area contributed by atoms with Crippen molar-refractivity contribution in [1.82, 2.24) is 20.0 Å². The molecule has 0 amide bonds. The smallest absolute Gasteiger partial charge is 0.181 e. The second-order valence-electron chi connectivity index (χ2n) is 3.25. The van der Waals surface area contributed by atoms with Gasteiger partial charge in [0.15, 0.2) is 12.0 Å². The Morgan fingerprint density at radius 3 is 3.07 bits per heavy atom. The summed E-state index contributed by atoms with van der Waals surface area (Å²) in [5.41, 5.74) is 3.44. The first-order valence-corrected chi connectivity index (χ1v) is 4.53. The molecule has 2 aromatic heterocycles. The van der Waals surface area contributed by atoms with Gasteiger partial charge in [0.25, 0.3) is 0 Å². The van der Waals surface area contributed by atoms with E-state index in [1.807, 2.05) is 18.2 Å². The van der Waals surface area contributed by atoms with E-state index in [9.17, 15) is 0 Å². The predicted octanol–water partition coefficient (Wildman–Crippen LogP) is 1.62. The molecular weight excluding hydrogens is 192 g/mol. The van der Waals surface area contributed by atoms with Gasteiger partial charge in [0.2, 0.25) is 0 Å². The number of aromatic nitrogens is 4. The molecular formula is C10H8N4O. The van der Waals surface area contributed by atoms with Crippen LogP contribution in [0.3, 0.4) is 0 Å². The van der Waals surface area contributed by atoms with Crippen molar-refractivity contribution < 1.29 is 4.42 Å². The van der Waals surface area contributed by atoms with E-state index >= 15 is 0 Å². The van der Waals surface area contributed by atoms with Gasteiger partial charge in [0.1, 0.15) is 11.2 Å². The molecule has 1 aromatic carbocycles. The molecule has 3 aromatic rings. The monoisotopic (exact) mass is 200 g/mol. The highest BCUT2D eigenvalue weighted by atomic mass is 16.3. The summed E-state index contributed by atoms with van der Waals surface area (Å²) in [6.45, 7) is 0. The zero-order valence-corrected chi connectivity index (χ0v) is 8.08. The van der Waals surface area contributed by atoms with E-state index in [1.54, 1.807) is 13.2 Å². The van der Waals surface area contributed by atoms with Crippen LogP contribution in [0, 0.1) is 0 Å². The van der Waals surface area contributed by atoms with Gasteiger partial charge in [-0.1, -0.05) is 0 Å². The highest BCUT2D eigenvalue weighted by Crippen LogP contribution is 2.21. The lowest BCUT2D eigenvalue weighted by atomic mass is 10.1. The van der Waals surface area contributed by atoms with Crippen LogP contribution in [0.4, 0.5) is 0 Å². The molecule has 2 heterocycles. The van der Waals surface area contributed by atoms with Gasteiger partial charge < -0.3 is 4.42 Å². The zero-order chi connectivity index (χ0) is 10.3. The summed E-state index contributed by atoms with van der Waals surface area (Å²) in [4.78, 5) is 5.62. The third-order valence-corrected chi connectivity index (χ3v) is 2.23. The maximum Gasteiger partial charge on any atom is 0.181 e. The van der Waals surface area contributed by atoms with Crippen molar-refractivity contribution in [2.45, 2.75) is 0 Å². The molecule has 0 bridgehead atoms. The summed E-state index contributed by atoms with van der Waals surface area (Å²) in [7, 11) is 1.79. The van der Waals surface area contributed by atoms with Crippen LogP contribution in [0.2, 0.25) is 0 Å². The zero-order valence-electron chi connectivity index (χ0n) is 8.08. The van der Waals surface area contributed by atoms with Crippen LogP contribution < -0.4 is 0 Å². The number of rotatable bonds is 1. The average molecular weight is 200 g/mol. The molecule has 0 radical (unpaired) electrons. The molecule has 5 heteroatoms. The number of nitrogens with zero attached hydrogens (tertiary/aromatic N) is 4. The van der Waals surface area contributed by atoms with Gasteiger partial charge in [-0.2, -0.15) is 15.0 Å². The van der Waals surface area contributed by atoms with E-state index < -0.39 is 0 Å². The summed E-state index contributed by atoms with van der Waals surface area (Å²) >= 11 is 0. The Labute approximate surface area is 85.3 Å². The molecule has 3 rings (SSSR count). The van der Waals surface area contributed by atoms with Gasteiger partial charge in [0.05, 0.1) is 6.20 Å². The molecule has 0 spiro atoms. The summed E-state index contributed by atoms with van der Waals surface area (Å²) < 4.78 is 5.16. The lowest BCUT2D eigenvalue weighted by Gasteiger charge is -1.94. The Balaban J connectivity index is 2.18. The van der Waals surface area contributed by atoms with Crippen molar-refractivity contribution in [2.75, 3.05) is 0 Å². The minimum absolute atomic E-state index is 0.780. The average Bonchev–Trinajstić information content (AvgIpc) is 2.84. The molecule has 15 heavy (non-hydrogen) atoms. The van der Waals surface area contributed by atoms with Gasteiger partial charge in [0, 0.05) is 12.6 Å². The Hall–Kier alpha value is -2.17. The minimum atomic E-state index is 0.780. The van der Waals surface area contributed by atoms with Gasteiger partial charge in [-0.15, -0.1) is 0 Å². The molecule has 0 aliphatic carbocycles. The fraction of sp³-hybridized carbons (Fsp3) is 0.100. The van der Waals surface area contributed by atoms with Crippen molar-refractivity contribution in [1.29, 1.82) is 0 Å². The third-order valence-electron chi connectivity index (χ3n) is 2.23. The molecule has 5 nitrogen and oxygen atoms in total. The van der Waals surface area contributed by atoms with Crippen LogP contribution in [0.25, 0.3) is 22.4 Å². The second kappa shape index (κ2) is 2.91. The number of aryl methyl sites for hydroxylation is 1. The van der Waals surface area contributed by atoms with E-state index in [1.165, 1.54) is 11.2 Å². The molecule has 0 fully saturated rings. The normalized spacial score (nSPS) is 11.0. The fourth-order valence-corrected chi connectivity index (χ4v) is 1.50. The van der Waals surface area contributed by atoms with Gasteiger partial charge in [-0.3, -0.25) is 0 Å². The molecule has 74 valence electrons. The first-order valence-electron chi connectivity index (χ1n) is 4.53. The van der Waals surface area contributed by atoms with E-state index in [-0.39, 0.29) is 0 Å². The molecule has 0 N–H and O–H groups in total.